The van der Waals surface area contributed by atoms with Gasteiger partial charge < -0.3 is 15.4 Å². The van der Waals surface area contributed by atoms with Crippen LogP contribution < -0.4 is 5.73 Å². The van der Waals surface area contributed by atoms with Gasteiger partial charge in [0.1, 0.15) is 0 Å². The van der Waals surface area contributed by atoms with Gasteiger partial charge in [0, 0.05) is 13.1 Å². The van der Waals surface area contributed by atoms with Gasteiger partial charge in [-0.25, -0.2) is 4.79 Å². The molecule has 0 aromatic rings. The minimum absolute atomic E-state index is 0.133. The standard InChI is InChI=1S/C10H18N2O3/c1-7(2)15-10(14)12-5-3-4-8(6-12)9(11)13/h7-8H,3-6H2,1-2H3,(H2,11,13)/t8-/m1/s1. The molecule has 1 fully saturated rings. The summed E-state index contributed by atoms with van der Waals surface area (Å²) in [6, 6.07) is 0. The molecular formula is C10H18N2O3. The number of likely N-dealkylation sites (tertiary alicyclic amines) is 1. The van der Waals surface area contributed by atoms with E-state index in [0.717, 1.165) is 12.8 Å². The van der Waals surface area contributed by atoms with Crippen LogP contribution in [0.2, 0.25) is 0 Å². The van der Waals surface area contributed by atoms with Crippen molar-refractivity contribution in [1.29, 1.82) is 0 Å². The van der Waals surface area contributed by atoms with Crippen molar-refractivity contribution in [1.82, 2.24) is 4.90 Å². The van der Waals surface area contributed by atoms with Crippen LogP contribution in [-0.4, -0.2) is 36.1 Å². The Morgan fingerprint density at radius 2 is 2.13 bits per heavy atom. The molecule has 1 heterocycles. The Morgan fingerprint density at radius 1 is 1.47 bits per heavy atom. The number of nitrogens with two attached hydrogens (primary N) is 1. The monoisotopic (exact) mass is 214 g/mol. The lowest BCUT2D eigenvalue weighted by atomic mass is 9.98. The highest BCUT2D eigenvalue weighted by Gasteiger charge is 2.27. The summed E-state index contributed by atoms with van der Waals surface area (Å²) < 4.78 is 5.05. The molecule has 5 heteroatoms. The van der Waals surface area contributed by atoms with Gasteiger partial charge in [0.25, 0.3) is 0 Å². The van der Waals surface area contributed by atoms with Gasteiger partial charge in [0.15, 0.2) is 0 Å². The molecule has 15 heavy (non-hydrogen) atoms. The van der Waals surface area contributed by atoms with Gasteiger partial charge in [-0.15, -0.1) is 0 Å². The van der Waals surface area contributed by atoms with Crippen molar-refractivity contribution in [2.45, 2.75) is 32.8 Å². The van der Waals surface area contributed by atoms with E-state index >= 15 is 0 Å². The normalized spacial score (nSPS) is 21.5. The molecule has 1 atom stereocenters. The summed E-state index contributed by atoms with van der Waals surface area (Å²) in [6.45, 7) is 4.64. The van der Waals surface area contributed by atoms with E-state index in [1.54, 1.807) is 18.7 Å². The second-order valence-electron chi connectivity index (χ2n) is 4.12. The first-order chi connectivity index (χ1) is 7.00. The fraction of sp³-hybridized carbons (Fsp3) is 0.800. The lowest BCUT2D eigenvalue weighted by Gasteiger charge is -2.30. The number of primary amides is 1. The summed E-state index contributed by atoms with van der Waals surface area (Å²) in [5.41, 5.74) is 5.21. The van der Waals surface area contributed by atoms with Crippen LogP contribution in [0.15, 0.2) is 0 Å². The van der Waals surface area contributed by atoms with Gasteiger partial charge in [-0.2, -0.15) is 0 Å². The third-order valence-corrected chi connectivity index (χ3v) is 2.42. The number of amides is 2. The van der Waals surface area contributed by atoms with Crippen LogP contribution in [0.5, 0.6) is 0 Å². The van der Waals surface area contributed by atoms with Crippen LogP contribution in [0, 0.1) is 5.92 Å². The van der Waals surface area contributed by atoms with Crippen LogP contribution >= 0.6 is 0 Å². The number of hydrogen-bond donors (Lipinski definition) is 1. The summed E-state index contributed by atoms with van der Waals surface area (Å²) in [6.07, 6.45) is 1.09. The number of nitrogens with zero attached hydrogens (tertiary/aromatic N) is 1. The molecule has 86 valence electrons. The molecule has 0 radical (unpaired) electrons. The van der Waals surface area contributed by atoms with E-state index in [0.29, 0.717) is 13.1 Å². The van der Waals surface area contributed by atoms with Crippen LogP contribution in [-0.2, 0) is 9.53 Å². The van der Waals surface area contributed by atoms with Crippen molar-refractivity contribution < 1.29 is 14.3 Å². The van der Waals surface area contributed by atoms with Gasteiger partial charge in [-0.3, -0.25) is 4.79 Å². The van der Waals surface area contributed by atoms with E-state index in [4.69, 9.17) is 10.5 Å². The zero-order valence-electron chi connectivity index (χ0n) is 9.23. The maximum Gasteiger partial charge on any atom is 0.410 e. The van der Waals surface area contributed by atoms with Gasteiger partial charge in [0.05, 0.1) is 12.0 Å². The average molecular weight is 214 g/mol. The highest BCUT2D eigenvalue weighted by Crippen LogP contribution is 2.16. The summed E-state index contributed by atoms with van der Waals surface area (Å²) in [5, 5.41) is 0. The van der Waals surface area contributed by atoms with E-state index in [1.807, 2.05) is 0 Å². The Kier molecular flexibility index (Phi) is 3.94. The van der Waals surface area contributed by atoms with Gasteiger partial charge in [-0.05, 0) is 26.7 Å². The highest BCUT2D eigenvalue weighted by molar-refractivity contribution is 5.78. The number of rotatable bonds is 2. The lowest BCUT2D eigenvalue weighted by molar-refractivity contribution is -0.123. The smallest absolute Gasteiger partial charge is 0.410 e. The zero-order valence-corrected chi connectivity index (χ0v) is 9.23. The molecule has 0 unspecified atom stereocenters. The van der Waals surface area contributed by atoms with E-state index in [9.17, 15) is 9.59 Å². The molecule has 5 nitrogen and oxygen atoms in total. The van der Waals surface area contributed by atoms with E-state index < -0.39 is 0 Å². The number of carbonyl (C=O) groups is 2. The Morgan fingerprint density at radius 3 is 2.67 bits per heavy atom. The van der Waals surface area contributed by atoms with Gasteiger partial charge in [0.2, 0.25) is 5.91 Å². The molecule has 0 aliphatic carbocycles. The first kappa shape index (κ1) is 11.8. The Balaban J connectivity index is 2.48. The van der Waals surface area contributed by atoms with Crippen molar-refractivity contribution in [3.8, 4) is 0 Å². The van der Waals surface area contributed by atoms with Crippen molar-refractivity contribution >= 4 is 12.0 Å². The molecule has 0 spiro atoms. The Labute approximate surface area is 89.6 Å². The molecule has 0 aromatic carbocycles. The lowest BCUT2D eigenvalue weighted by Crippen LogP contribution is -2.44. The number of piperidine rings is 1. The first-order valence-corrected chi connectivity index (χ1v) is 5.25. The maximum atomic E-state index is 11.5. The molecule has 0 saturated carbocycles. The SMILES string of the molecule is CC(C)OC(=O)N1CCC[C@@H](C(N)=O)C1. The average Bonchev–Trinajstić information content (AvgIpc) is 2.17. The second-order valence-corrected chi connectivity index (χ2v) is 4.12. The van der Waals surface area contributed by atoms with E-state index in [1.165, 1.54) is 0 Å². The second kappa shape index (κ2) is 5.00. The zero-order chi connectivity index (χ0) is 11.4. The molecule has 2 amide bonds. The van der Waals surface area contributed by atoms with Crippen LogP contribution in [0.3, 0.4) is 0 Å². The van der Waals surface area contributed by atoms with E-state index in [-0.39, 0.29) is 24.0 Å². The number of carbonyl (C=O) groups excluding carboxylic acids is 2. The van der Waals surface area contributed by atoms with Crippen LogP contribution in [0.1, 0.15) is 26.7 Å². The van der Waals surface area contributed by atoms with E-state index in [2.05, 4.69) is 0 Å². The predicted molar refractivity (Wildman–Crippen MR) is 55.1 cm³/mol. The first-order valence-electron chi connectivity index (χ1n) is 5.25. The molecule has 1 saturated heterocycles. The molecule has 1 aliphatic rings. The summed E-state index contributed by atoms with van der Waals surface area (Å²) in [4.78, 5) is 24.1. The molecular weight excluding hydrogens is 196 g/mol. The van der Waals surface area contributed by atoms with Crippen molar-refractivity contribution in [2.24, 2.45) is 11.7 Å². The maximum absolute atomic E-state index is 11.5. The largest absolute Gasteiger partial charge is 0.447 e. The summed E-state index contributed by atoms with van der Waals surface area (Å²) >= 11 is 0. The molecule has 0 bridgehead atoms. The molecule has 1 rings (SSSR count). The quantitative estimate of drug-likeness (QED) is 0.736. The number of ether oxygens (including phenoxy) is 1. The third kappa shape index (κ3) is 3.42. The Bertz CT molecular complexity index is 253. The molecule has 1 aliphatic heterocycles. The highest BCUT2D eigenvalue weighted by atomic mass is 16.6. The predicted octanol–water partition coefficient (Wildman–Crippen LogP) is 0.729. The third-order valence-electron chi connectivity index (χ3n) is 2.42. The van der Waals surface area contributed by atoms with Gasteiger partial charge >= 0.3 is 6.09 Å². The van der Waals surface area contributed by atoms with Crippen molar-refractivity contribution in [2.75, 3.05) is 13.1 Å². The minimum Gasteiger partial charge on any atom is -0.447 e. The van der Waals surface area contributed by atoms with Crippen LogP contribution in [0.4, 0.5) is 4.79 Å². The Hall–Kier alpha value is -1.26. The number of hydrogen-bond acceptors (Lipinski definition) is 3. The fourth-order valence-corrected chi connectivity index (χ4v) is 1.65. The van der Waals surface area contributed by atoms with Crippen molar-refractivity contribution in [3.05, 3.63) is 0 Å². The fourth-order valence-electron chi connectivity index (χ4n) is 1.65. The summed E-state index contributed by atoms with van der Waals surface area (Å²) in [7, 11) is 0. The minimum atomic E-state index is -0.351. The molecule has 2 N–H and O–H groups in total. The topological polar surface area (TPSA) is 72.6 Å². The van der Waals surface area contributed by atoms with Crippen LogP contribution in [0.25, 0.3) is 0 Å². The van der Waals surface area contributed by atoms with Crippen molar-refractivity contribution in [3.63, 3.8) is 0 Å². The van der Waals surface area contributed by atoms with Gasteiger partial charge in [-0.1, -0.05) is 0 Å². The molecule has 0 aromatic heterocycles. The summed E-state index contributed by atoms with van der Waals surface area (Å²) in [5.74, 6) is -0.560.